The fourth-order valence-electron chi connectivity index (χ4n) is 1.19. The van der Waals surface area contributed by atoms with Crippen molar-refractivity contribution in [3.05, 3.63) is 38.9 Å². The van der Waals surface area contributed by atoms with Crippen molar-refractivity contribution < 1.29 is 9.34 Å². The Morgan fingerprint density at radius 3 is 2.67 bits per heavy atom. The second-order valence-corrected chi connectivity index (χ2v) is 4.77. The number of nitrogens with zero attached hydrogens (tertiary/aromatic N) is 3. The molecule has 2 aromatic heterocycles. The Morgan fingerprint density at radius 2 is 2.11 bits per heavy atom. The number of rotatable bonds is 3. The van der Waals surface area contributed by atoms with Crippen molar-refractivity contribution in [3.8, 4) is 0 Å². The maximum absolute atomic E-state index is 10.9. The topological polar surface area (TPSA) is 82.1 Å². The Bertz CT molecular complexity index is 595. The van der Waals surface area contributed by atoms with E-state index in [9.17, 15) is 10.1 Å². The van der Waals surface area contributed by atoms with Gasteiger partial charge in [-0.05, 0) is 31.7 Å². The smallest absolute Gasteiger partial charge is 0.302 e. The summed E-state index contributed by atoms with van der Waals surface area (Å²) in [6, 6.07) is 2.68. The molecular weight excluding hydrogens is 278 g/mol. The van der Waals surface area contributed by atoms with Gasteiger partial charge < -0.3 is 4.42 Å². The first kappa shape index (κ1) is 12.8. The summed E-state index contributed by atoms with van der Waals surface area (Å²) in [5, 5.41) is 11.5. The molecule has 2 aromatic rings. The molecule has 0 spiro atoms. The molecule has 0 radical (unpaired) electrons. The quantitative estimate of drug-likeness (QED) is 0.488. The molecule has 2 rings (SSSR count). The second kappa shape index (κ2) is 4.95. The normalized spacial score (nSPS) is 10.6. The van der Waals surface area contributed by atoms with Gasteiger partial charge in [0.1, 0.15) is 10.9 Å². The molecular formula is C10H8ClN3O3S. The lowest BCUT2D eigenvalue weighted by Gasteiger charge is -1.99. The number of aromatic nitrogens is 2. The van der Waals surface area contributed by atoms with E-state index in [0.29, 0.717) is 11.0 Å². The van der Waals surface area contributed by atoms with E-state index in [2.05, 4.69) is 9.97 Å². The van der Waals surface area contributed by atoms with Gasteiger partial charge in [-0.2, -0.15) is 0 Å². The zero-order chi connectivity index (χ0) is 13.3. The van der Waals surface area contributed by atoms with E-state index in [1.54, 1.807) is 13.8 Å². The van der Waals surface area contributed by atoms with Gasteiger partial charge in [-0.1, -0.05) is 11.6 Å². The van der Waals surface area contributed by atoms with Gasteiger partial charge in [0.15, 0.2) is 5.03 Å². The van der Waals surface area contributed by atoms with Gasteiger partial charge in [0, 0.05) is 6.07 Å². The van der Waals surface area contributed by atoms with E-state index in [1.165, 1.54) is 12.1 Å². The van der Waals surface area contributed by atoms with Crippen molar-refractivity contribution in [2.45, 2.75) is 24.1 Å². The molecule has 0 atom stereocenters. The first-order valence-electron chi connectivity index (χ1n) is 4.90. The summed E-state index contributed by atoms with van der Waals surface area (Å²) in [4.78, 5) is 18.4. The molecule has 0 saturated carbocycles. The number of halogens is 1. The zero-order valence-electron chi connectivity index (χ0n) is 9.51. The summed E-state index contributed by atoms with van der Waals surface area (Å²) in [6.07, 6.45) is 0. The van der Waals surface area contributed by atoms with Crippen LogP contribution in [0.15, 0.2) is 26.8 Å². The van der Waals surface area contributed by atoms with Gasteiger partial charge in [-0.15, -0.1) is 0 Å². The summed E-state index contributed by atoms with van der Waals surface area (Å²) in [5.74, 6) is 0.669. The standard InChI is InChI=1S/C10H8ClN3O3S/c1-5-6(2)17-10(12-5)18-9-7(14(15)16)3-4-8(11)13-9/h3-4H,1-2H3. The molecule has 0 saturated heterocycles. The molecule has 0 bridgehead atoms. The molecule has 0 unspecified atom stereocenters. The highest BCUT2D eigenvalue weighted by Crippen LogP contribution is 2.34. The number of nitro groups is 1. The molecule has 94 valence electrons. The van der Waals surface area contributed by atoms with Crippen LogP contribution in [0.1, 0.15) is 11.5 Å². The minimum absolute atomic E-state index is 0.127. The van der Waals surface area contributed by atoms with E-state index in [4.69, 9.17) is 16.0 Å². The summed E-state index contributed by atoms with van der Waals surface area (Å²) >= 11 is 6.70. The van der Waals surface area contributed by atoms with Crippen LogP contribution < -0.4 is 0 Å². The monoisotopic (exact) mass is 285 g/mol. The first-order valence-corrected chi connectivity index (χ1v) is 6.09. The van der Waals surface area contributed by atoms with Gasteiger partial charge in [-0.25, -0.2) is 9.97 Å². The Labute approximate surface area is 112 Å². The number of oxazole rings is 1. The van der Waals surface area contributed by atoms with Gasteiger partial charge in [0.05, 0.1) is 10.6 Å². The molecule has 8 heteroatoms. The molecule has 0 N–H and O–H groups in total. The molecule has 0 aromatic carbocycles. The van der Waals surface area contributed by atoms with E-state index in [-0.39, 0.29) is 15.9 Å². The summed E-state index contributed by atoms with van der Waals surface area (Å²) in [7, 11) is 0. The second-order valence-electron chi connectivity index (χ2n) is 3.44. The SMILES string of the molecule is Cc1nc(Sc2nc(Cl)ccc2[N+](=O)[O-])oc1C. The van der Waals surface area contributed by atoms with Crippen molar-refractivity contribution in [3.63, 3.8) is 0 Å². The van der Waals surface area contributed by atoms with Gasteiger partial charge in [0.2, 0.25) is 0 Å². The summed E-state index contributed by atoms with van der Waals surface area (Å²) in [6.45, 7) is 3.56. The number of hydrogen-bond donors (Lipinski definition) is 0. The highest BCUT2D eigenvalue weighted by molar-refractivity contribution is 7.99. The zero-order valence-corrected chi connectivity index (χ0v) is 11.1. The van der Waals surface area contributed by atoms with Crippen LogP contribution in [0.2, 0.25) is 5.15 Å². The van der Waals surface area contributed by atoms with Gasteiger partial charge in [0.25, 0.3) is 5.22 Å². The highest BCUT2D eigenvalue weighted by atomic mass is 35.5. The van der Waals surface area contributed by atoms with E-state index in [0.717, 1.165) is 17.5 Å². The third-order valence-electron chi connectivity index (χ3n) is 2.20. The minimum Gasteiger partial charge on any atom is -0.436 e. The minimum atomic E-state index is -0.520. The third kappa shape index (κ3) is 2.62. The third-order valence-corrected chi connectivity index (χ3v) is 3.25. The van der Waals surface area contributed by atoms with Crippen LogP contribution in [0.4, 0.5) is 5.69 Å². The van der Waals surface area contributed by atoms with Crippen LogP contribution in [0.3, 0.4) is 0 Å². The maximum Gasteiger partial charge on any atom is 0.302 e. The Kier molecular flexibility index (Phi) is 3.53. The number of pyridine rings is 1. The maximum atomic E-state index is 10.9. The Balaban J connectivity index is 2.38. The number of hydrogen-bond acceptors (Lipinski definition) is 6. The molecule has 18 heavy (non-hydrogen) atoms. The van der Waals surface area contributed by atoms with Gasteiger partial charge in [-0.3, -0.25) is 10.1 Å². The molecule has 0 aliphatic heterocycles. The Morgan fingerprint density at radius 1 is 1.39 bits per heavy atom. The predicted molar refractivity (Wildman–Crippen MR) is 66.0 cm³/mol. The van der Waals surface area contributed by atoms with Crippen LogP contribution >= 0.6 is 23.4 Å². The molecule has 2 heterocycles. The molecule has 0 fully saturated rings. The molecule has 0 aliphatic rings. The lowest BCUT2D eigenvalue weighted by atomic mass is 10.4. The largest absolute Gasteiger partial charge is 0.436 e. The average molecular weight is 286 g/mol. The van der Waals surface area contributed by atoms with Crippen LogP contribution in [-0.4, -0.2) is 14.9 Å². The van der Waals surface area contributed by atoms with Crippen LogP contribution in [0, 0.1) is 24.0 Å². The van der Waals surface area contributed by atoms with E-state index in [1.807, 2.05) is 0 Å². The van der Waals surface area contributed by atoms with E-state index >= 15 is 0 Å². The van der Waals surface area contributed by atoms with E-state index < -0.39 is 4.92 Å². The lowest BCUT2D eigenvalue weighted by Crippen LogP contribution is -1.93. The molecule has 0 aliphatic carbocycles. The number of aryl methyl sites for hydroxylation is 2. The summed E-state index contributed by atoms with van der Waals surface area (Å²) in [5.41, 5.74) is 0.611. The first-order chi connectivity index (χ1) is 8.47. The van der Waals surface area contributed by atoms with Crippen LogP contribution in [-0.2, 0) is 0 Å². The van der Waals surface area contributed by atoms with Gasteiger partial charge >= 0.3 is 5.69 Å². The van der Waals surface area contributed by atoms with Crippen molar-refractivity contribution in [2.24, 2.45) is 0 Å². The average Bonchev–Trinajstić information content (AvgIpc) is 2.57. The van der Waals surface area contributed by atoms with Crippen molar-refractivity contribution in [1.82, 2.24) is 9.97 Å². The predicted octanol–water partition coefficient (Wildman–Crippen LogP) is 3.40. The van der Waals surface area contributed by atoms with Crippen molar-refractivity contribution in [2.75, 3.05) is 0 Å². The fraction of sp³-hybridized carbons (Fsp3) is 0.200. The van der Waals surface area contributed by atoms with Crippen molar-refractivity contribution >= 4 is 29.1 Å². The Hall–Kier alpha value is -1.60. The highest BCUT2D eigenvalue weighted by Gasteiger charge is 2.19. The van der Waals surface area contributed by atoms with Crippen LogP contribution in [0.25, 0.3) is 0 Å². The fourth-order valence-corrected chi connectivity index (χ4v) is 2.30. The van der Waals surface area contributed by atoms with Crippen LogP contribution in [0.5, 0.6) is 0 Å². The van der Waals surface area contributed by atoms with Crippen molar-refractivity contribution in [1.29, 1.82) is 0 Å². The molecule has 6 nitrogen and oxygen atoms in total. The summed E-state index contributed by atoms with van der Waals surface area (Å²) < 4.78 is 5.34. The lowest BCUT2D eigenvalue weighted by molar-refractivity contribution is -0.388. The molecule has 0 amide bonds.